The second-order valence-electron chi connectivity index (χ2n) is 3.25. The first-order valence-electron chi connectivity index (χ1n) is 4.95. The van der Waals surface area contributed by atoms with Crippen LogP contribution >= 0.6 is 0 Å². The average molecular weight is 207 g/mol. The van der Waals surface area contributed by atoms with Crippen LogP contribution in [0.4, 0.5) is 0 Å². The van der Waals surface area contributed by atoms with Crippen molar-refractivity contribution >= 4 is 0 Å². The topological polar surface area (TPSA) is 41.5 Å². The van der Waals surface area contributed by atoms with Crippen molar-refractivity contribution < 1.29 is 9.84 Å². The van der Waals surface area contributed by atoms with E-state index in [0.29, 0.717) is 12.3 Å². The highest BCUT2D eigenvalue weighted by atomic mass is 16.5. The third-order valence-corrected chi connectivity index (χ3v) is 2.13. The number of aromatic hydroxyl groups is 1. The molecular formula is C12H17NO2. The summed E-state index contributed by atoms with van der Waals surface area (Å²) < 4.78 is 5.08. The summed E-state index contributed by atoms with van der Waals surface area (Å²) in [5.41, 5.74) is 0.846. The van der Waals surface area contributed by atoms with Crippen molar-refractivity contribution in [1.82, 2.24) is 5.32 Å². The van der Waals surface area contributed by atoms with E-state index in [1.165, 1.54) is 0 Å². The Bertz CT molecular complexity index is 323. The molecule has 3 heteroatoms. The van der Waals surface area contributed by atoms with Crippen molar-refractivity contribution in [1.29, 1.82) is 0 Å². The minimum Gasteiger partial charge on any atom is -0.508 e. The fourth-order valence-corrected chi connectivity index (χ4v) is 1.26. The van der Waals surface area contributed by atoms with Crippen LogP contribution in [0.5, 0.6) is 11.5 Å². The number of hydrogen-bond donors (Lipinski definition) is 2. The lowest BCUT2D eigenvalue weighted by Gasteiger charge is -2.07. The van der Waals surface area contributed by atoms with Crippen molar-refractivity contribution in [3.63, 3.8) is 0 Å². The molecule has 0 saturated heterocycles. The Balaban J connectivity index is 2.54. The maximum Gasteiger partial charge on any atom is 0.120 e. The van der Waals surface area contributed by atoms with Crippen LogP contribution in [0.2, 0.25) is 0 Å². The number of phenolic OH excluding ortho intramolecular Hbond substituents is 1. The lowest BCUT2D eigenvalue weighted by molar-refractivity contribution is 0.410. The van der Waals surface area contributed by atoms with E-state index in [4.69, 9.17) is 4.74 Å². The number of ether oxygens (including phenoxy) is 1. The van der Waals surface area contributed by atoms with Gasteiger partial charge in [0.2, 0.25) is 0 Å². The molecule has 0 spiro atoms. The maximum atomic E-state index is 9.57. The minimum atomic E-state index is 0.293. The van der Waals surface area contributed by atoms with E-state index >= 15 is 0 Å². The number of benzene rings is 1. The van der Waals surface area contributed by atoms with Gasteiger partial charge in [0.15, 0.2) is 0 Å². The second-order valence-corrected chi connectivity index (χ2v) is 3.25. The van der Waals surface area contributed by atoms with Gasteiger partial charge in [-0.2, -0.15) is 0 Å². The molecule has 0 saturated carbocycles. The fourth-order valence-electron chi connectivity index (χ4n) is 1.26. The summed E-state index contributed by atoms with van der Waals surface area (Å²) >= 11 is 0. The number of rotatable bonds is 6. The smallest absolute Gasteiger partial charge is 0.120 e. The Morgan fingerprint density at radius 3 is 3.00 bits per heavy atom. The first kappa shape index (κ1) is 11.6. The Morgan fingerprint density at radius 2 is 2.33 bits per heavy atom. The normalized spacial score (nSPS) is 9.93. The summed E-state index contributed by atoms with van der Waals surface area (Å²) in [5, 5.41) is 12.8. The van der Waals surface area contributed by atoms with E-state index in [-0.39, 0.29) is 0 Å². The zero-order chi connectivity index (χ0) is 11.1. The van der Waals surface area contributed by atoms with Crippen LogP contribution in [0.1, 0.15) is 12.0 Å². The van der Waals surface area contributed by atoms with Crippen molar-refractivity contribution in [3.05, 3.63) is 36.4 Å². The highest BCUT2D eigenvalue weighted by molar-refractivity contribution is 5.39. The van der Waals surface area contributed by atoms with Gasteiger partial charge in [-0.3, -0.25) is 0 Å². The van der Waals surface area contributed by atoms with Crippen LogP contribution in [-0.4, -0.2) is 18.8 Å². The highest BCUT2D eigenvalue weighted by Crippen LogP contribution is 2.22. The Kier molecular flexibility index (Phi) is 4.71. The first-order valence-corrected chi connectivity index (χ1v) is 4.95. The largest absolute Gasteiger partial charge is 0.508 e. The molecule has 0 heterocycles. The van der Waals surface area contributed by atoms with Crippen LogP contribution in [0.15, 0.2) is 30.9 Å². The molecule has 1 aromatic rings. The molecule has 2 N–H and O–H groups in total. The molecule has 0 amide bonds. The van der Waals surface area contributed by atoms with E-state index in [2.05, 4.69) is 11.9 Å². The van der Waals surface area contributed by atoms with Crippen LogP contribution in [-0.2, 0) is 6.54 Å². The summed E-state index contributed by atoms with van der Waals surface area (Å²) in [5.74, 6) is 1.05. The standard InChI is InChI=1S/C12H17NO2/c1-3-4-7-13-9-10-8-11(15-2)5-6-12(10)14/h3,5-6,8,13-14H,1,4,7,9H2,2H3. The van der Waals surface area contributed by atoms with Crippen LogP contribution in [0.3, 0.4) is 0 Å². The van der Waals surface area contributed by atoms with E-state index in [0.717, 1.165) is 24.3 Å². The molecular weight excluding hydrogens is 190 g/mol. The highest BCUT2D eigenvalue weighted by Gasteiger charge is 2.02. The third kappa shape index (κ3) is 3.64. The van der Waals surface area contributed by atoms with Gasteiger partial charge >= 0.3 is 0 Å². The quantitative estimate of drug-likeness (QED) is 0.554. The summed E-state index contributed by atoms with van der Waals surface area (Å²) in [6, 6.07) is 5.21. The number of nitrogens with one attached hydrogen (secondary N) is 1. The van der Waals surface area contributed by atoms with Crippen molar-refractivity contribution in [2.24, 2.45) is 0 Å². The summed E-state index contributed by atoms with van der Waals surface area (Å²) in [4.78, 5) is 0. The number of methoxy groups -OCH3 is 1. The van der Waals surface area contributed by atoms with Crippen LogP contribution in [0, 0.1) is 0 Å². The van der Waals surface area contributed by atoms with E-state index < -0.39 is 0 Å². The summed E-state index contributed by atoms with van der Waals surface area (Å²) in [7, 11) is 1.61. The van der Waals surface area contributed by atoms with Gasteiger partial charge < -0.3 is 15.2 Å². The van der Waals surface area contributed by atoms with Gasteiger partial charge in [0.05, 0.1) is 7.11 Å². The Labute approximate surface area is 90.4 Å². The molecule has 1 aromatic carbocycles. The molecule has 1 rings (SSSR count). The molecule has 0 aliphatic heterocycles. The molecule has 3 nitrogen and oxygen atoms in total. The SMILES string of the molecule is C=CCCNCc1cc(OC)ccc1O. The fraction of sp³-hybridized carbons (Fsp3) is 0.333. The van der Waals surface area contributed by atoms with Crippen molar-refractivity contribution in [2.75, 3.05) is 13.7 Å². The molecule has 0 atom stereocenters. The van der Waals surface area contributed by atoms with Gasteiger partial charge in [0, 0.05) is 12.1 Å². The lowest BCUT2D eigenvalue weighted by atomic mass is 10.2. The molecule has 0 unspecified atom stereocenters. The van der Waals surface area contributed by atoms with E-state index in [1.54, 1.807) is 19.2 Å². The first-order chi connectivity index (χ1) is 7.27. The third-order valence-electron chi connectivity index (χ3n) is 2.13. The molecule has 0 aliphatic carbocycles. The summed E-state index contributed by atoms with van der Waals surface area (Å²) in [6.45, 7) is 5.14. The monoisotopic (exact) mass is 207 g/mol. The van der Waals surface area contributed by atoms with Gasteiger partial charge in [-0.25, -0.2) is 0 Å². The molecule has 82 valence electrons. The van der Waals surface area contributed by atoms with Gasteiger partial charge in [-0.1, -0.05) is 6.08 Å². The Hall–Kier alpha value is -1.48. The number of phenols is 1. The number of hydrogen-bond acceptors (Lipinski definition) is 3. The predicted octanol–water partition coefficient (Wildman–Crippen LogP) is 2.07. The second kappa shape index (κ2) is 6.09. The minimum absolute atomic E-state index is 0.293. The van der Waals surface area contributed by atoms with Crippen molar-refractivity contribution in [3.8, 4) is 11.5 Å². The predicted molar refractivity (Wildman–Crippen MR) is 61.2 cm³/mol. The molecule has 0 radical (unpaired) electrons. The van der Waals surface area contributed by atoms with Gasteiger partial charge in [0.1, 0.15) is 11.5 Å². The van der Waals surface area contributed by atoms with Crippen molar-refractivity contribution in [2.45, 2.75) is 13.0 Å². The van der Waals surface area contributed by atoms with Crippen LogP contribution < -0.4 is 10.1 Å². The van der Waals surface area contributed by atoms with Gasteiger partial charge in [-0.05, 0) is 31.2 Å². The molecule has 0 fully saturated rings. The van der Waals surface area contributed by atoms with Gasteiger partial charge in [0.25, 0.3) is 0 Å². The zero-order valence-corrected chi connectivity index (χ0v) is 8.99. The van der Waals surface area contributed by atoms with Gasteiger partial charge in [-0.15, -0.1) is 6.58 Å². The molecule has 0 bridgehead atoms. The van der Waals surface area contributed by atoms with E-state index in [1.807, 2.05) is 12.1 Å². The van der Waals surface area contributed by atoms with E-state index in [9.17, 15) is 5.11 Å². The van der Waals surface area contributed by atoms with Crippen LogP contribution in [0.25, 0.3) is 0 Å². The molecule has 0 aliphatic rings. The zero-order valence-electron chi connectivity index (χ0n) is 8.99. The molecule has 0 aromatic heterocycles. The lowest BCUT2D eigenvalue weighted by Crippen LogP contribution is -2.14. The summed E-state index contributed by atoms with van der Waals surface area (Å²) in [6.07, 6.45) is 2.78. The average Bonchev–Trinajstić information content (AvgIpc) is 2.26. The molecule has 15 heavy (non-hydrogen) atoms. The maximum absolute atomic E-state index is 9.57. The Morgan fingerprint density at radius 1 is 1.53 bits per heavy atom.